The monoisotopic (exact) mass is 662 g/mol. The molecule has 5 aromatic rings. The van der Waals surface area contributed by atoms with Gasteiger partial charge in [0.1, 0.15) is 0 Å². The second kappa shape index (κ2) is 17.7. The maximum absolute atomic E-state index is 2.41. The highest BCUT2D eigenvalue weighted by Gasteiger charge is 2.15. The molecule has 1 unspecified atom stereocenters. The fraction of sp³-hybridized carbons (Fsp3) is 0.421. The van der Waals surface area contributed by atoms with Gasteiger partial charge in [-0.2, -0.15) is 0 Å². The summed E-state index contributed by atoms with van der Waals surface area (Å²) in [6.45, 7) is 4.63. The number of unbranched alkanes of at least 4 members (excludes halogenated alkanes) is 8. The Balaban J connectivity index is 1.27. The quantitative estimate of drug-likeness (QED) is 0.0772. The van der Waals surface area contributed by atoms with Crippen LogP contribution in [0.1, 0.15) is 106 Å². The van der Waals surface area contributed by atoms with Gasteiger partial charge in [-0.3, -0.25) is 0 Å². The molecule has 0 N–H and O–H groups in total. The van der Waals surface area contributed by atoms with Gasteiger partial charge in [0, 0.05) is 34.1 Å². The first kappa shape index (κ1) is 32.6. The van der Waals surface area contributed by atoms with E-state index in [1.165, 1.54) is 123 Å². The summed E-state index contributed by atoms with van der Waals surface area (Å²) in [5, 5.41) is 4.35. The average Bonchev–Trinajstić information content (AvgIpc) is 3.85. The summed E-state index contributed by atoms with van der Waals surface area (Å²) in [4.78, 5) is 11.1. The van der Waals surface area contributed by atoms with Crippen LogP contribution in [-0.2, 0) is 6.42 Å². The molecule has 5 heteroatoms. The van der Waals surface area contributed by atoms with Gasteiger partial charge in [-0.15, -0.1) is 56.7 Å². The summed E-state index contributed by atoms with van der Waals surface area (Å²) in [7, 11) is 0. The molecule has 43 heavy (non-hydrogen) atoms. The predicted molar refractivity (Wildman–Crippen MR) is 201 cm³/mol. The summed E-state index contributed by atoms with van der Waals surface area (Å²) in [6.07, 6.45) is 22.7. The summed E-state index contributed by atoms with van der Waals surface area (Å²) in [5.41, 5.74) is 1.33. The third-order valence-electron chi connectivity index (χ3n) is 8.15. The average molecular weight is 663 g/mol. The molecule has 5 heterocycles. The van der Waals surface area contributed by atoms with Crippen molar-refractivity contribution in [2.45, 2.75) is 97.3 Å². The van der Waals surface area contributed by atoms with E-state index >= 15 is 0 Å². The minimum absolute atomic E-state index is 0.840. The van der Waals surface area contributed by atoms with E-state index in [-0.39, 0.29) is 0 Å². The Morgan fingerprint density at radius 1 is 0.581 bits per heavy atom. The Labute approximate surface area is 280 Å². The van der Waals surface area contributed by atoms with E-state index in [2.05, 4.69) is 91.4 Å². The fourth-order valence-corrected chi connectivity index (χ4v) is 10.7. The topological polar surface area (TPSA) is 0 Å². The molecule has 0 aliphatic heterocycles. The molecule has 0 radical (unpaired) electrons. The van der Waals surface area contributed by atoms with Crippen molar-refractivity contribution >= 4 is 68.8 Å². The highest BCUT2D eigenvalue weighted by atomic mass is 32.1. The SMILES string of the molecule is CCCCCCCCC(CCCCCC)Cc1ccc(/C=C/c2cc(-c3cccs3)sc2-c2ccc(-c3cccs3)s2)s1. The van der Waals surface area contributed by atoms with Crippen molar-refractivity contribution in [3.63, 3.8) is 0 Å². The Morgan fingerprint density at radius 3 is 1.93 bits per heavy atom. The smallest absolute Gasteiger partial charge is 0.0522 e. The van der Waals surface area contributed by atoms with E-state index in [1.54, 1.807) is 4.88 Å². The highest BCUT2D eigenvalue weighted by Crippen LogP contribution is 2.45. The minimum Gasteiger partial charge on any atom is -0.143 e. The Kier molecular flexibility index (Phi) is 13.4. The molecule has 0 fully saturated rings. The van der Waals surface area contributed by atoms with Crippen LogP contribution in [-0.4, -0.2) is 0 Å². The van der Waals surface area contributed by atoms with E-state index < -0.39 is 0 Å². The van der Waals surface area contributed by atoms with Gasteiger partial charge in [0.2, 0.25) is 0 Å². The second-order valence-electron chi connectivity index (χ2n) is 11.6. The predicted octanol–water partition coefficient (Wildman–Crippen LogP) is 15.0. The molecular formula is C38H46S5. The molecule has 1 atom stereocenters. The normalized spacial score (nSPS) is 12.5. The molecule has 0 bridgehead atoms. The van der Waals surface area contributed by atoms with Crippen molar-refractivity contribution in [3.05, 3.63) is 80.7 Å². The Hall–Kier alpha value is -1.76. The van der Waals surface area contributed by atoms with Crippen LogP contribution in [0.25, 0.3) is 41.4 Å². The Bertz CT molecular complexity index is 1470. The molecule has 0 saturated carbocycles. The van der Waals surface area contributed by atoms with Gasteiger partial charge < -0.3 is 0 Å². The first-order chi connectivity index (χ1) is 21.2. The lowest BCUT2D eigenvalue weighted by Gasteiger charge is -2.16. The molecule has 0 nitrogen and oxygen atoms in total. The summed E-state index contributed by atoms with van der Waals surface area (Å²) >= 11 is 9.51. The zero-order chi connectivity index (χ0) is 29.7. The zero-order valence-electron chi connectivity index (χ0n) is 25.8. The summed E-state index contributed by atoms with van der Waals surface area (Å²) in [5.74, 6) is 0.840. The van der Waals surface area contributed by atoms with Gasteiger partial charge in [-0.25, -0.2) is 0 Å². The van der Waals surface area contributed by atoms with E-state index in [0.717, 1.165) is 5.92 Å². The van der Waals surface area contributed by atoms with Crippen LogP contribution in [0.2, 0.25) is 0 Å². The third-order valence-corrected chi connectivity index (χ3v) is 13.8. The number of hydrogen-bond donors (Lipinski definition) is 0. The fourth-order valence-electron chi connectivity index (χ4n) is 5.74. The van der Waals surface area contributed by atoms with Crippen molar-refractivity contribution in [1.29, 1.82) is 0 Å². The molecule has 0 aliphatic carbocycles. The molecule has 5 rings (SSSR count). The highest BCUT2D eigenvalue weighted by molar-refractivity contribution is 7.28. The molecular weight excluding hydrogens is 617 g/mol. The maximum Gasteiger partial charge on any atom is 0.0522 e. The van der Waals surface area contributed by atoms with E-state index in [1.807, 2.05) is 56.7 Å². The first-order valence-electron chi connectivity index (χ1n) is 16.3. The van der Waals surface area contributed by atoms with Crippen LogP contribution in [0, 0.1) is 5.92 Å². The van der Waals surface area contributed by atoms with E-state index in [4.69, 9.17) is 0 Å². The van der Waals surface area contributed by atoms with E-state index in [9.17, 15) is 0 Å². The number of thiophene rings is 5. The van der Waals surface area contributed by atoms with Gasteiger partial charge in [-0.1, -0.05) is 109 Å². The van der Waals surface area contributed by atoms with Crippen molar-refractivity contribution in [1.82, 2.24) is 0 Å². The van der Waals surface area contributed by atoms with Crippen LogP contribution in [0.5, 0.6) is 0 Å². The third kappa shape index (κ3) is 9.86. The van der Waals surface area contributed by atoms with Gasteiger partial charge >= 0.3 is 0 Å². The zero-order valence-corrected chi connectivity index (χ0v) is 29.9. The molecule has 0 spiro atoms. The van der Waals surface area contributed by atoms with Gasteiger partial charge in [-0.05, 0) is 77.2 Å². The minimum atomic E-state index is 0.840. The van der Waals surface area contributed by atoms with Crippen molar-refractivity contribution < 1.29 is 0 Å². The molecule has 0 aliphatic rings. The molecule has 228 valence electrons. The van der Waals surface area contributed by atoms with Crippen LogP contribution >= 0.6 is 56.7 Å². The van der Waals surface area contributed by atoms with Gasteiger partial charge in [0.25, 0.3) is 0 Å². The summed E-state index contributed by atoms with van der Waals surface area (Å²) < 4.78 is 0. The number of rotatable bonds is 19. The van der Waals surface area contributed by atoms with Crippen molar-refractivity contribution in [2.24, 2.45) is 5.92 Å². The maximum atomic E-state index is 2.41. The molecule has 0 aromatic carbocycles. The lowest BCUT2D eigenvalue weighted by Crippen LogP contribution is -2.04. The van der Waals surface area contributed by atoms with Crippen LogP contribution in [0.4, 0.5) is 0 Å². The molecule has 0 saturated heterocycles. The largest absolute Gasteiger partial charge is 0.143 e. The van der Waals surface area contributed by atoms with Crippen molar-refractivity contribution in [2.75, 3.05) is 0 Å². The van der Waals surface area contributed by atoms with Gasteiger partial charge in [0.15, 0.2) is 0 Å². The van der Waals surface area contributed by atoms with E-state index in [0.29, 0.717) is 0 Å². The van der Waals surface area contributed by atoms with Gasteiger partial charge in [0.05, 0.1) is 4.88 Å². The number of hydrogen-bond acceptors (Lipinski definition) is 5. The first-order valence-corrected chi connectivity index (χ1v) is 20.5. The standard InChI is InChI=1S/C38H46S5/c1-3-5-7-9-10-12-16-29(15-11-8-6-4-2)27-32-22-21-31(41-32)20-19-30-28-37(34-18-14-26-40-34)43-38(30)36-24-23-35(42-36)33-17-13-25-39-33/h13-14,17-26,28-29H,3-12,15-16,27H2,1-2H3/b20-19+. The lowest BCUT2D eigenvalue weighted by atomic mass is 9.91. The van der Waals surface area contributed by atoms with Crippen LogP contribution < -0.4 is 0 Å². The van der Waals surface area contributed by atoms with Crippen LogP contribution in [0.3, 0.4) is 0 Å². The van der Waals surface area contributed by atoms with Crippen molar-refractivity contribution in [3.8, 4) is 29.3 Å². The summed E-state index contributed by atoms with van der Waals surface area (Å²) in [6, 6.07) is 20.5. The lowest BCUT2D eigenvalue weighted by molar-refractivity contribution is 0.404. The van der Waals surface area contributed by atoms with Crippen LogP contribution in [0.15, 0.2) is 65.4 Å². The Morgan fingerprint density at radius 2 is 1.23 bits per heavy atom. The molecule has 0 amide bonds. The second-order valence-corrected chi connectivity index (χ2v) is 16.9. The molecule has 5 aromatic heterocycles.